The Balaban J connectivity index is 2.26. The van der Waals surface area contributed by atoms with E-state index in [4.69, 9.17) is 12.2 Å². The zero-order valence-electron chi connectivity index (χ0n) is 12.5. The minimum atomic E-state index is 0.971. The van der Waals surface area contributed by atoms with Gasteiger partial charge < -0.3 is 4.90 Å². The average molecular weight is 293 g/mol. The number of allylic oxidation sites excluding steroid dienone is 1. The van der Waals surface area contributed by atoms with Crippen molar-refractivity contribution in [2.45, 2.75) is 13.8 Å². The van der Waals surface area contributed by atoms with Crippen molar-refractivity contribution in [3.8, 4) is 0 Å². The van der Waals surface area contributed by atoms with Crippen molar-refractivity contribution in [2.24, 2.45) is 0 Å². The molecule has 2 aromatic rings. The van der Waals surface area contributed by atoms with Crippen LogP contribution in [0.5, 0.6) is 0 Å². The molecule has 1 aliphatic carbocycles. The van der Waals surface area contributed by atoms with Gasteiger partial charge in [-0.3, -0.25) is 0 Å². The van der Waals surface area contributed by atoms with Crippen LogP contribution in [0.3, 0.4) is 0 Å². The third-order valence-corrected chi connectivity index (χ3v) is 4.46. The van der Waals surface area contributed by atoms with Crippen LogP contribution in [-0.4, -0.2) is 22.9 Å². The van der Waals surface area contributed by atoms with E-state index in [0.717, 1.165) is 18.0 Å². The first-order valence-corrected chi connectivity index (χ1v) is 7.87. The van der Waals surface area contributed by atoms with Crippen LogP contribution in [0.1, 0.15) is 30.5 Å². The minimum Gasteiger partial charge on any atom is -0.371 e. The Bertz CT molecular complexity index is 697. The fourth-order valence-corrected chi connectivity index (χ4v) is 3.40. The molecule has 0 bridgehead atoms. The van der Waals surface area contributed by atoms with Crippen LogP contribution in [0, 0.1) is 0 Å². The molecular weight excluding hydrogens is 274 g/mol. The Morgan fingerprint density at radius 3 is 2.00 bits per heavy atom. The number of rotatable bonds is 4. The maximum atomic E-state index is 5.78. The van der Waals surface area contributed by atoms with Crippen LogP contribution in [0.2, 0.25) is 0 Å². The molecule has 0 fully saturated rings. The topological polar surface area (TPSA) is 3.24 Å². The summed E-state index contributed by atoms with van der Waals surface area (Å²) in [5.74, 6) is 0. The van der Waals surface area contributed by atoms with Gasteiger partial charge in [0.1, 0.15) is 0 Å². The second-order valence-electron chi connectivity index (χ2n) is 5.14. The van der Waals surface area contributed by atoms with E-state index < -0.39 is 0 Å². The summed E-state index contributed by atoms with van der Waals surface area (Å²) in [6.07, 6.45) is 0. The second kappa shape index (κ2) is 5.82. The highest BCUT2D eigenvalue weighted by atomic mass is 32.1. The summed E-state index contributed by atoms with van der Waals surface area (Å²) >= 11 is 5.78. The van der Waals surface area contributed by atoms with Gasteiger partial charge in [0, 0.05) is 29.8 Å². The monoisotopic (exact) mass is 293 g/mol. The molecule has 0 spiro atoms. The summed E-state index contributed by atoms with van der Waals surface area (Å²) in [6, 6.07) is 19.0. The fourth-order valence-electron chi connectivity index (χ4n) is 3.01. The molecule has 0 atom stereocenters. The highest BCUT2D eigenvalue weighted by Crippen LogP contribution is 2.40. The molecule has 0 aliphatic heterocycles. The lowest BCUT2D eigenvalue weighted by Gasteiger charge is -2.25. The fraction of sp³-hybridized carbons (Fsp3) is 0.211. The van der Waals surface area contributed by atoms with Crippen molar-refractivity contribution in [1.82, 2.24) is 4.90 Å². The van der Waals surface area contributed by atoms with Gasteiger partial charge in [-0.1, -0.05) is 66.8 Å². The summed E-state index contributed by atoms with van der Waals surface area (Å²) in [5.41, 5.74) is 6.15. The van der Waals surface area contributed by atoms with E-state index in [1.807, 2.05) is 6.07 Å². The Hall–Kier alpha value is -1.93. The molecule has 106 valence electrons. The first-order valence-electron chi connectivity index (χ1n) is 7.46. The molecule has 0 heterocycles. The minimum absolute atomic E-state index is 0.971. The van der Waals surface area contributed by atoms with Gasteiger partial charge in [0.05, 0.1) is 10.6 Å². The lowest BCUT2D eigenvalue weighted by Crippen LogP contribution is -2.21. The van der Waals surface area contributed by atoms with Gasteiger partial charge in [0.25, 0.3) is 0 Å². The van der Waals surface area contributed by atoms with Gasteiger partial charge in [0.2, 0.25) is 0 Å². The van der Waals surface area contributed by atoms with Crippen molar-refractivity contribution in [2.75, 3.05) is 13.1 Å². The van der Waals surface area contributed by atoms with Crippen molar-refractivity contribution in [3.05, 3.63) is 71.3 Å². The smallest absolute Gasteiger partial charge is 0.0555 e. The predicted molar refractivity (Wildman–Crippen MR) is 94.3 cm³/mol. The maximum Gasteiger partial charge on any atom is 0.0555 e. The van der Waals surface area contributed by atoms with E-state index in [-0.39, 0.29) is 0 Å². The van der Waals surface area contributed by atoms with Gasteiger partial charge in [-0.15, -0.1) is 0 Å². The van der Waals surface area contributed by atoms with E-state index in [1.54, 1.807) is 0 Å². The van der Waals surface area contributed by atoms with E-state index in [0.29, 0.717) is 0 Å². The Morgan fingerprint density at radius 2 is 1.38 bits per heavy atom. The lowest BCUT2D eigenvalue weighted by molar-refractivity contribution is 0.444. The third kappa shape index (κ3) is 2.30. The predicted octanol–water partition coefficient (Wildman–Crippen LogP) is 4.63. The zero-order chi connectivity index (χ0) is 14.8. The molecule has 0 amide bonds. The largest absolute Gasteiger partial charge is 0.371 e. The first kappa shape index (κ1) is 14.0. The highest BCUT2D eigenvalue weighted by Gasteiger charge is 2.29. The molecule has 2 heteroatoms. The maximum absolute atomic E-state index is 5.78. The molecule has 0 aromatic heterocycles. The van der Waals surface area contributed by atoms with Crippen LogP contribution in [-0.2, 0) is 0 Å². The second-order valence-corrected chi connectivity index (χ2v) is 5.54. The summed E-state index contributed by atoms with van der Waals surface area (Å²) in [7, 11) is 0. The number of thiocarbonyl (C=S) groups is 1. The van der Waals surface area contributed by atoms with Crippen LogP contribution >= 0.6 is 12.2 Å². The summed E-state index contributed by atoms with van der Waals surface area (Å²) in [5, 5.41) is 0. The van der Waals surface area contributed by atoms with Gasteiger partial charge >= 0.3 is 0 Å². The van der Waals surface area contributed by atoms with Gasteiger partial charge in [-0.2, -0.15) is 0 Å². The molecule has 0 N–H and O–H groups in total. The number of benzene rings is 2. The zero-order valence-corrected chi connectivity index (χ0v) is 13.3. The quantitative estimate of drug-likeness (QED) is 0.756. The Labute approximate surface area is 131 Å². The number of hydrogen-bond acceptors (Lipinski definition) is 2. The van der Waals surface area contributed by atoms with Crippen molar-refractivity contribution >= 4 is 28.4 Å². The molecular formula is C19H19NS. The lowest BCUT2D eigenvalue weighted by atomic mass is 10.0. The molecule has 3 rings (SSSR count). The molecule has 0 unspecified atom stereocenters. The van der Waals surface area contributed by atoms with Gasteiger partial charge in [-0.25, -0.2) is 0 Å². The van der Waals surface area contributed by atoms with Crippen LogP contribution in [0.4, 0.5) is 0 Å². The van der Waals surface area contributed by atoms with E-state index in [1.165, 1.54) is 28.0 Å². The molecule has 0 saturated heterocycles. The normalized spacial score (nSPS) is 13.5. The Kier molecular flexibility index (Phi) is 3.89. The number of fused-ring (bicyclic) bond motifs is 1. The number of hydrogen-bond donors (Lipinski definition) is 0. The molecule has 21 heavy (non-hydrogen) atoms. The molecule has 1 aliphatic rings. The van der Waals surface area contributed by atoms with Crippen molar-refractivity contribution in [1.29, 1.82) is 0 Å². The summed E-state index contributed by atoms with van der Waals surface area (Å²) < 4.78 is 0. The SMILES string of the molecule is CCN(CC)C1=C(c2ccccc2)C(=S)c2ccccc21. The van der Waals surface area contributed by atoms with Crippen LogP contribution in [0.15, 0.2) is 54.6 Å². The molecule has 2 aromatic carbocycles. The molecule has 1 nitrogen and oxygen atoms in total. The van der Waals surface area contributed by atoms with Crippen molar-refractivity contribution in [3.63, 3.8) is 0 Å². The standard InChI is InChI=1S/C19H19NS/c1-3-20(4-2)18-15-12-8-9-13-16(15)19(21)17(18)14-10-6-5-7-11-14/h5-13H,3-4H2,1-2H3. The van der Waals surface area contributed by atoms with Crippen LogP contribution in [0.25, 0.3) is 11.3 Å². The third-order valence-electron chi connectivity index (χ3n) is 4.03. The summed E-state index contributed by atoms with van der Waals surface area (Å²) in [4.78, 5) is 3.37. The molecule has 0 saturated carbocycles. The number of nitrogens with zero attached hydrogens (tertiary/aromatic N) is 1. The highest BCUT2D eigenvalue weighted by molar-refractivity contribution is 7.82. The van der Waals surface area contributed by atoms with E-state index >= 15 is 0 Å². The Morgan fingerprint density at radius 1 is 0.810 bits per heavy atom. The molecule has 0 radical (unpaired) electrons. The van der Waals surface area contributed by atoms with Crippen molar-refractivity contribution < 1.29 is 0 Å². The first-order chi connectivity index (χ1) is 10.3. The van der Waals surface area contributed by atoms with Crippen LogP contribution < -0.4 is 0 Å². The van der Waals surface area contributed by atoms with Gasteiger partial charge in [0.15, 0.2) is 0 Å². The summed E-state index contributed by atoms with van der Waals surface area (Å²) in [6.45, 7) is 6.37. The average Bonchev–Trinajstić information content (AvgIpc) is 2.83. The van der Waals surface area contributed by atoms with Gasteiger partial charge in [-0.05, 0) is 19.4 Å². The van der Waals surface area contributed by atoms with E-state index in [2.05, 4.69) is 67.3 Å². The van der Waals surface area contributed by atoms with E-state index in [9.17, 15) is 0 Å².